The average Bonchev–Trinajstić information content (AvgIpc) is 2.75. The molecule has 4 rings (SSSR count). The third-order valence-corrected chi connectivity index (χ3v) is 5.89. The lowest BCUT2D eigenvalue weighted by molar-refractivity contribution is 0.0882. The number of benzene rings is 2. The molecule has 1 amide bonds. The standard InChI is InChI=1S/C22H25N5O5S/c1-22(2,12-32-17-10-6-9-16-19(17)20(23)27-33(29,30)26-16)25-21(28)14-11-18(31-3)24-15-8-5-4-7-13(14)15/h4-11,26,29-30H,12H2,1-3H3,(H2,23,27)(H,25,28). The van der Waals surface area contributed by atoms with Crippen LogP contribution in [0.1, 0.15) is 29.8 Å². The van der Waals surface area contributed by atoms with Crippen LogP contribution in [0.25, 0.3) is 10.9 Å². The number of nitrogens with one attached hydrogen (secondary N) is 2. The van der Waals surface area contributed by atoms with Gasteiger partial charge in [0.2, 0.25) is 5.88 Å². The first-order valence-corrected chi connectivity index (χ1v) is 11.5. The first kappa shape index (κ1) is 22.6. The lowest BCUT2D eigenvalue weighted by atomic mass is 10.0. The number of nitrogens with two attached hydrogens (primary N) is 1. The molecule has 33 heavy (non-hydrogen) atoms. The highest BCUT2D eigenvalue weighted by Crippen LogP contribution is 2.46. The summed E-state index contributed by atoms with van der Waals surface area (Å²) in [5, 5.41) is 3.70. The van der Waals surface area contributed by atoms with Crippen molar-refractivity contribution in [3.63, 3.8) is 0 Å². The summed E-state index contributed by atoms with van der Waals surface area (Å²) in [5.74, 6) is 0.398. The number of ether oxygens (including phenoxy) is 2. The number of anilines is 1. The number of methoxy groups -OCH3 is 1. The van der Waals surface area contributed by atoms with E-state index in [2.05, 4.69) is 19.4 Å². The Kier molecular flexibility index (Phi) is 5.78. The third-order valence-electron chi connectivity index (χ3n) is 4.94. The van der Waals surface area contributed by atoms with E-state index in [1.165, 1.54) is 7.11 Å². The number of rotatable bonds is 6. The molecule has 0 aliphatic carbocycles. The van der Waals surface area contributed by atoms with Crippen LogP contribution in [0.15, 0.2) is 52.9 Å². The number of carbonyl (C=O) groups is 1. The normalized spacial score (nSPS) is 15.6. The Morgan fingerprint density at radius 1 is 1.21 bits per heavy atom. The molecule has 174 valence electrons. The van der Waals surface area contributed by atoms with Gasteiger partial charge in [-0.1, -0.05) is 24.3 Å². The van der Waals surface area contributed by atoms with Crippen molar-refractivity contribution in [2.75, 3.05) is 18.4 Å². The van der Waals surface area contributed by atoms with Gasteiger partial charge in [-0.3, -0.25) is 18.6 Å². The van der Waals surface area contributed by atoms with Crippen molar-refractivity contribution < 1.29 is 23.4 Å². The Balaban J connectivity index is 1.54. The van der Waals surface area contributed by atoms with Crippen molar-refractivity contribution in [2.45, 2.75) is 19.4 Å². The van der Waals surface area contributed by atoms with Crippen molar-refractivity contribution in [3.8, 4) is 11.6 Å². The number of hydrogen-bond donors (Lipinski definition) is 5. The summed E-state index contributed by atoms with van der Waals surface area (Å²) in [7, 11) is -1.89. The van der Waals surface area contributed by atoms with Crippen molar-refractivity contribution in [2.24, 2.45) is 10.1 Å². The summed E-state index contributed by atoms with van der Waals surface area (Å²) in [5.41, 5.74) is 7.09. The monoisotopic (exact) mass is 471 g/mol. The number of amides is 1. The van der Waals surface area contributed by atoms with Gasteiger partial charge in [-0.2, -0.15) is 0 Å². The van der Waals surface area contributed by atoms with Crippen LogP contribution in [0.2, 0.25) is 0 Å². The second-order valence-electron chi connectivity index (χ2n) is 8.13. The molecule has 6 N–H and O–H groups in total. The Bertz CT molecular complexity index is 1260. The quantitative estimate of drug-likeness (QED) is 0.366. The summed E-state index contributed by atoms with van der Waals surface area (Å²) in [4.78, 5) is 17.5. The van der Waals surface area contributed by atoms with Crippen LogP contribution in [0.4, 0.5) is 5.69 Å². The predicted molar refractivity (Wildman–Crippen MR) is 129 cm³/mol. The van der Waals surface area contributed by atoms with Crippen molar-refractivity contribution in [1.82, 2.24) is 10.3 Å². The maximum Gasteiger partial charge on any atom is 0.252 e. The van der Waals surface area contributed by atoms with Crippen molar-refractivity contribution in [3.05, 3.63) is 59.7 Å². The number of aromatic nitrogens is 1. The predicted octanol–water partition coefficient (Wildman–Crippen LogP) is 3.54. The first-order chi connectivity index (χ1) is 15.6. The van der Waals surface area contributed by atoms with Crippen molar-refractivity contribution in [1.29, 1.82) is 0 Å². The third kappa shape index (κ3) is 4.80. The molecule has 0 saturated heterocycles. The molecule has 1 aliphatic heterocycles. The molecule has 0 radical (unpaired) electrons. The van der Waals surface area contributed by atoms with Crippen LogP contribution in [0.5, 0.6) is 11.6 Å². The largest absolute Gasteiger partial charge is 0.490 e. The number of nitrogens with zero attached hydrogens (tertiary/aromatic N) is 2. The van der Waals surface area contributed by atoms with Crippen LogP contribution in [-0.4, -0.2) is 45.1 Å². The van der Waals surface area contributed by atoms with Crippen LogP contribution >= 0.6 is 11.0 Å². The summed E-state index contributed by atoms with van der Waals surface area (Å²) in [6.45, 7) is 3.76. The Morgan fingerprint density at radius 3 is 2.73 bits per heavy atom. The second-order valence-corrected chi connectivity index (χ2v) is 9.56. The Labute approximate surface area is 192 Å². The molecule has 0 fully saturated rings. The fourth-order valence-electron chi connectivity index (χ4n) is 3.47. The highest BCUT2D eigenvalue weighted by molar-refractivity contribution is 8.24. The van der Waals surface area contributed by atoms with E-state index >= 15 is 0 Å². The number of carbonyl (C=O) groups excluding carboxylic acids is 1. The zero-order chi connectivity index (χ0) is 23.8. The fraction of sp³-hybridized carbons (Fsp3) is 0.227. The second kappa shape index (κ2) is 8.43. The summed E-state index contributed by atoms with van der Waals surface area (Å²) >= 11 is 0. The van der Waals surface area contributed by atoms with Gasteiger partial charge in [-0.25, -0.2) is 4.98 Å². The zero-order valence-electron chi connectivity index (χ0n) is 18.3. The van der Waals surface area contributed by atoms with E-state index in [-0.39, 0.29) is 18.3 Å². The van der Waals surface area contributed by atoms with E-state index in [0.717, 1.165) is 0 Å². The number of amidine groups is 1. The summed E-state index contributed by atoms with van der Waals surface area (Å²) in [6, 6.07) is 14.0. The topological polar surface area (TPSA) is 151 Å². The van der Waals surface area contributed by atoms with E-state index in [1.54, 1.807) is 24.3 Å². The van der Waals surface area contributed by atoms with Crippen LogP contribution in [0.3, 0.4) is 0 Å². The van der Waals surface area contributed by atoms with Crippen molar-refractivity contribution >= 4 is 39.3 Å². The molecule has 10 nitrogen and oxygen atoms in total. The number of hydrogen-bond acceptors (Lipinski definition) is 9. The van der Waals surface area contributed by atoms with E-state index in [9.17, 15) is 13.9 Å². The van der Waals surface area contributed by atoms with Crippen LogP contribution < -0.4 is 25.2 Å². The zero-order valence-corrected chi connectivity index (χ0v) is 19.1. The van der Waals surface area contributed by atoms with Gasteiger partial charge >= 0.3 is 0 Å². The molecule has 0 unspecified atom stereocenters. The lowest BCUT2D eigenvalue weighted by Crippen LogP contribution is -2.48. The number of fused-ring (bicyclic) bond motifs is 2. The molecule has 1 aromatic heterocycles. The van der Waals surface area contributed by atoms with E-state index < -0.39 is 16.5 Å². The van der Waals surface area contributed by atoms with Gasteiger partial charge in [-0.05, 0) is 43.0 Å². The molecule has 1 aliphatic rings. The number of para-hydroxylation sites is 1. The van der Waals surface area contributed by atoms with Gasteiger partial charge in [0.25, 0.3) is 5.91 Å². The molecule has 0 bridgehead atoms. The first-order valence-electron chi connectivity index (χ1n) is 10.0. The molecule has 0 spiro atoms. The molecule has 2 heterocycles. The minimum Gasteiger partial charge on any atom is -0.490 e. The maximum atomic E-state index is 13.2. The molecule has 11 heteroatoms. The summed E-state index contributed by atoms with van der Waals surface area (Å²) in [6.07, 6.45) is 0. The number of pyridine rings is 1. The average molecular weight is 472 g/mol. The molecule has 3 aromatic rings. The van der Waals surface area contributed by atoms with E-state index in [4.69, 9.17) is 15.2 Å². The van der Waals surface area contributed by atoms with Gasteiger partial charge in [0.1, 0.15) is 12.4 Å². The molecular weight excluding hydrogens is 446 g/mol. The fourth-order valence-corrected chi connectivity index (χ4v) is 4.34. The molecule has 2 aromatic carbocycles. The van der Waals surface area contributed by atoms with Crippen LogP contribution in [-0.2, 0) is 0 Å². The Hall–Kier alpha value is -3.54. The highest BCUT2D eigenvalue weighted by atomic mass is 32.3. The molecule has 0 saturated carbocycles. The lowest BCUT2D eigenvalue weighted by Gasteiger charge is -2.34. The molecular formula is C22H25N5O5S. The highest BCUT2D eigenvalue weighted by Gasteiger charge is 2.28. The summed E-state index contributed by atoms with van der Waals surface area (Å²) < 4.78 is 37.1. The van der Waals surface area contributed by atoms with E-state index in [0.29, 0.717) is 39.3 Å². The Morgan fingerprint density at radius 2 is 1.97 bits per heavy atom. The maximum absolute atomic E-state index is 13.2. The van der Waals surface area contributed by atoms with Gasteiger partial charge in [-0.15, -0.1) is 4.40 Å². The van der Waals surface area contributed by atoms with Gasteiger partial charge in [0.05, 0.1) is 35.0 Å². The molecule has 0 atom stereocenters. The van der Waals surface area contributed by atoms with Gasteiger partial charge in [0, 0.05) is 11.5 Å². The van der Waals surface area contributed by atoms with Gasteiger partial charge < -0.3 is 20.5 Å². The smallest absolute Gasteiger partial charge is 0.252 e. The minimum atomic E-state index is -3.39. The van der Waals surface area contributed by atoms with Crippen LogP contribution in [0, 0.1) is 0 Å². The van der Waals surface area contributed by atoms with Gasteiger partial charge in [0.15, 0.2) is 5.84 Å². The SMILES string of the molecule is COc1cc(C(=O)NC(C)(C)COc2cccc3c2C(N)=NS(O)(O)N3)c2ccccc2n1. The van der Waals surface area contributed by atoms with E-state index in [1.807, 2.05) is 38.1 Å². The minimum absolute atomic E-state index is 0.0449.